The molecule has 0 atom stereocenters. The predicted octanol–water partition coefficient (Wildman–Crippen LogP) is 1.08. The largest absolute Gasteiger partial charge is 0.326 e. The standard InChI is InChI=1S/C9H10ClN5/c1-6-2-8(10)3-7(4-11)9(6)15-5-12-13-14-15/h2-3,5H,4,11H2,1H3. The van der Waals surface area contributed by atoms with Crippen molar-refractivity contribution in [2.24, 2.45) is 5.73 Å². The number of hydrogen-bond donors (Lipinski definition) is 1. The third-order valence-electron chi connectivity index (χ3n) is 2.14. The van der Waals surface area contributed by atoms with Crippen LogP contribution in [-0.2, 0) is 6.54 Å². The Morgan fingerprint density at radius 1 is 1.47 bits per heavy atom. The average molecular weight is 224 g/mol. The summed E-state index contributed by atoms with van der Waals surface area (Å²) in [6.45, 7) is 2.35. The molecule has 2 rings (SSSR count). The minimum Gasteiger partial charge on any atom is -0.326 e. The van der Waals surface area contributed by atoms with Crippen LogP contribution in [0.3, 0.4) is 0 Å². The second-order valence-corrected chi connectivity index (χ2v) is 3.63. The Labute approximate surface area is 91.8 Å². The third-order valence-corrected chi connectivity index (χ3v) is 2.36. The zero-order chi connectivity index (χ0) is 10.8. The zero-order valence-electron chi connectivity index (χ0n) is 8.18. The van der Waals surface area contributed by atoms with E-state index in [2.05, 4.69) is 15.5 Å². The minimum absolute atomic E-state index is 0.399. The Hall–Kier alpha value is -1.46. The highest BCUT2D eigenvalue weighted by atomic mass is 35.5. The number of halogens is 1. The summed E-state index contributed by atoms with van der Waals surface area (Å²) in [6, 6.07) is 3.68. The number of rotatable bonds is 2. The lowest BCUT2D eigenvalue weighted by Crippen LogP contribution is -2.07. The molecule has 0 amide bonds. The van der Waals surface area contributed by atoms with Gasteiger partial charge in [0.15, 0.2) is 0 Å². The lowest BCUT2D eigenvalue weighted by atomic mass is 10.1. The van der Waals surface area contributed by atoms with E-state index in [1.807, 2.05) is 19.1 Å². The quantitative estimate of drug-likeness (QED) is 0.827. The van der Waals surface area contributed by atoms with Crippen molar-refractivity contribution in [1.82, 2.24) is 20.2 Å². The van der Waals surface area contributed by atoms with Gasteiger partial charge in [-0.2, -0.15) is 4.68 Å². The normalized spacial score (nSPS) is 10.6. The molecule has 1 aromatic heterocycles. The molecule has 0 spiro atoms. The summed E-state index contributed by atoms with van der Waals surface area (Å²) in [5.74, 6) is 0. The molecule has 78 valence electrons. The van der Waals surface area contributed by atoms with Crippen molar-refractivity contribution >= 4 is 11.6 Å². The Kier molecular flexibility index (Phi) is 2.66. The molecule has 0 fully saturated rings. The highest BCUT2D eigenvalue weighted by Crippen LogP contribution is 2.22. The summed E-state index contributed by atoms with van der Waals surface area (Å²) in [6.07, 6.45) is 1.54. The van der Waals surface area contributed by atoms with Crippen molar-refractivity contribution in [2.45, 2.75) is 13.5 Å². The summed E-state index contributed by atoms with van der Waals surface area (Å²) in [7, 11) is 0. The van der Waals surface area contributed by atoms with Crippen molar-refractivity contribution in [3.05, 3.63) is 34.6 Å². The van der Waals surface area contributed by atoms with Crippen LogP contribution in [0.1, 0.15) is 11.1 Å². The number of nitrogens with zero attached hydrogens (tertiary/aromatic N) is 4. The first-order chi connectivity index (χ1) is 7.22. The van der Waals surface area contributed by atoms with Gasteiger partial charge in [-0.25, -0.2) is 0 Å². The highest BCUT2D eigenvalue weighted by Gasteiger charge is 2.09. The van der Waals surface area contributed by atoms with Crippen LogP contribution in [0.2, 0.25) is 5.02 Å². The summed E-state index contributed by atoms with van der Waals surface area (Å²) >= 11 is 5.95. The van der Waals surface area contributed by atoms with Gasteiger partial charge in [0.25, 0.3) is 0 Å². The molecule has 0 aliphatic carbocycles. The fraction of sp³-hybridized carbons (Fsp3) is 0.222. The molecule has 0 radical (unpaired) electrons. The van der Waals surface area contributed by atoms with Crippen LogP contribution in [0.15, 0.2) is 18.5 Å². The molecule has 1 aromatic carbocycles. The van der Waals surface area contributed by atoms with Crippen LogP contribution in [0, 0.1) is 6.92 Å². The van der Waals surface area contributed by atoms with Gasteiger partial charge in [-0.3, -0.25) is 0 Å². The predicted molar refractivity (Wildman–Crippen MR) is 56.8 cm³/mol. The number of benzene rings is 1. The van der Waals surface area contributed by atoms with Gasteiger partial charge < -0.3 is 5.73 Å². The number of hydrogen-bond acceptors (Lipinski definition) is 4. The molecular weight excluding hydrogens is 214 g/mol. The molecule has 0 saturated heterocycles. The van der Waals surface area contributed by atoms with E-state index in [1.54, 1.807) is 4.68 Å². The monoisotopic (exact) mass is 223 g/mol. The zero-order valence-corrected chi connectivity index (χ0v) is 8.94. The second kappa shape index (κ2) is 3.96. The van der Waals surface area contributed by atoms with Crippen LogP contribution >= 0.6 is 11.6 Å². The van der Waals surface area contributed by atoms with Crippen LogP contribution in [-0.4, -0.2) is 20.2 Å². The molecule has 0 saturated carbocycles. The Morgan fingerprint density at radius 3 is 2.87 bits per heavy atom. The maximum Gasteiger partial charge on any atom is 0.143 e. The van der Waals surface area contributed by atoms with E-state index in [1.165, 1.54) is 6.33 Å². The second-order valence-electron chi connectivity index (χ2n) is 3.19. The highest BCUT2D eigenvalue weighted by molar-refractivity contribution is 6.30. The molecule has 0 aliphatic rings. The third kappa shape index (κ3) is 1.84. The lowest BCUT2D eigenvalue weighted by Gasteiger charge is -2.10. The number of aromatic nitrogens is 4. The Bertz CT molecular complexity index is 466. The number of aryl methyl sites for hydroxylation is 1. The van der Waals surface area contributed by atoms with E-state index < -0.39 is 0 Å². The van der Waals surface area contributed by atoms with Crippen LogP contribution in [0.5, 0.6) is 0 Å². The number of nitrogens with two attached hydrogens (primary N) is 1. The summed E-state index contributed by atoms with van der Waals surface area (Å²) in [5.41, 5.74) is 8.47. The molecule has 6 heteroatoms. The molecule has 5 nitrogen and oxygen atoms in total. The van der Waals surface area contributed by atoms with E-state index in [0.717, 1.165) is 16.8 Å². The van der Waals surface area contributed by atoms with E-state index in [9.17, 15) is 0 Å². The molecule has 0 aliphatic heterocycles. The molecule has 2 N–H and O–H groups in total. The van der Waals surface area contributed by atoms with Crippen LogP contribution in [0.25, 0.3) is 5.69 Å². The fourth-order valence-corrected chi connectivity index (χ4v) is 1.85. The Balaban J connectivity index is 2.64. The average Bonchev–Trinajstić information content (AvgIpc) is 2.69. The van der Waals surface area contributed by atoms with Gasteiger partial charge in [-0.1, -0.05) is 11.6 Å². The Morgan fingerprint density at radius 2 is 2.27 bits per heavy atom. The minimum atomic E-state index is 0.399. The van der Waals surface area contributed by atoms with Gasteiger partial charge in [-0.05, 0) is 40.6 Å². The molecule has 0 unspecified atom stereocenters. The first-order valence-electron chi connectivity index (χ1n) is 4.45. The number of tetrazole rings is 1. The molecule has 15 heavy (non-hydrogen) atoms. The fourth-order valence-electron chi connectivity index (χ4n) is 1.55. The van der Waals surface area contributed by atoms with Crippen molar-refractivity contribution < 1.29 is 0 Å². The van der Waals surface area contributed by atoms with E-state index in [4.69, 9.17) is 17.3 Å². The van der Waals surface area contributed by atoms with Crippen LogP contribution in [0.4, 0.5) is 0 Å². The van der Waals surface area contributed by atoms with E-state index in [-0.39, 0.29) is 0 Å². The van der Waals surface area contributed by atoms with Gasteiger partial charge in [0.05, 0.1) is 5.69 Å². The van der Waals surface area contributed by atoms with Gasteiger partial charge in [-0.15, -0.1) is 5.10 Å². The smallest absolute Gasteiger partial charge is 0.143 e. The summed E-state index contributed by atoms with van der Waals surface area (Å²) in [5, 5.41) is 11.7. The molecule has 1 heterocycles. The van der Waals surface area contributed by atoms with E-state index >= 15 is 0 Å². The van der Waals surface area contributed by atoms with Crippen molar-refractivity contribution in [2.75, 3.05) is 0 Å². The maximum atomic E-state index is 5.95. The lowest BCUT2D eigenvalue weighted by molar-refractivity contribution is 0.775. The summed E-state index contributed by atoms with van der Waals surface area (Å²) in [4.78, 5) is 0. The van der Waals surface area contributed by atoms with Gasteiger partial charge in [0.1, 0.15) is 6.33 Å². The van der Waals surface area contributed by atoms with Crippen molar-refractivity contribution in [1.29, 1.82) is 0 Å². The van der Waals surface area contributed by atoms with Crippen molar-refractivity contribution in [3.63, 3.8) is 0 Å². The van der Waals surface area contributed by atoms with Gasteiger partial charge in [0, 0.05) is 11.6 Å². The molecular formula is C9H10ClN5. The summed E-state index contributed by atoms with van der Waals surface area (Å²) < 4.78 is 1.59. The van der Waals surface area contributed by atoms with E-state index in [0.29, 0.717) is 11.6 Å². The maximum absolute atomic E-state index is 5.95. The van der Waals surface area contributed by atoms with Crippen LogP contribution < -0.4 is 5.73 Å². The van der Waals surface area contributed by atoms with Gasteiger partial charge in [0.2, 0.25) is 0 Å². The SMILES string of the molecule is Cc1cc(Cl)cc(CN)c1-n1cnnn1. The van der Waals surface area contributed by atoms with Crippen molar-refractivity contribution in [3.8, 4) is 5.69 Å². The molecule has 0 bridgehead atoms. The van der Waals surface area contributed by atoms with Gasteiger partial charge >= 0.3 is 0 Å². The topological polar surface area (TPSA) is 69.6 Å². The first kappa shape index (κ1) is 10.1. The molecule has 2 aromatic rings. The first-order valence-corrected chi connectivity index (χ1v) is 4.82.